The molecule has 1 saturated carbocycles. The Morgan fingerprint density at radius 1 is 1.33 bits per heavy atom. The molecule has 0 heterocycles. The molecule has 0 amide bonds. The van der Waals surface area contributed by atoms with E-state index < -0.39 is 0 Å². The third-order valence-electron chi connectivity index (χ3n) is 4.16. The van der Waals surface area contributed by atoms with Crippen LogP contribution in [-0.2, 0) is 0 Å². The van der Waals surface area contributed by atoms with E-state index in [1.807, 2.05) is 13.1 Å². The average Bonchev–Trinajstić information content (AvgIpc) is 3.17. The summed E-state index contributed by atoms with van der Waals surface area (Å²) in [5, 5.41) is 12.7. The molecule has 1 N–H and O–H groups in total. The number of hydrogen-bond acceptors (Lipinski definition) is 3. The zero-order chi connectivity index (χ0) is 13.3. The number of nitrogens with one attached hydrogen (secondary N) is 1. The van der Waals surface area contributed by atoms with Gasteiger partial charge in [0.05, 0.1) is 24.6 Å². The Morgan fingerprint density at radius 2 is 2.00 bits per heavy atom. The molecule has 2 rings (SSSR count). The average molecular weight is 244 g/mol. The van der Waals surface area contributed by atoms with Gasteiger partial charge < -0.3 is 10.1 Å². The minimum atomic E-state index is -0.208. The van der Waals surface area contributed by atoms with E-state index in [1.54, 1.807) is 7.11 Å². The maximum atomic E-state index is 9.37. The van der Waals surface area contributed by atoms with Crippen molar-refractivity contribution >= 4 is 0 Å². The van der Waals surface area contributed by atoms with Gasteiger partial charge in [-0.05, 0) is 56.5 Å². The summed E-state index contributed by atoms with van der Waals surface area (Å²) in [6.45, 7) is 4.17. The lowest BCUT2D eigenvalue weighted by atomic mass is 9.87. The van der Waals surface area contributed by atoms with Gasteiger partial charge >= 0.3 is 0 Å². The van der Waals surface area contributed by atoms with Crippen molar-refractivity contribution in [2.75, 3.05) is 14.2 Å². The molecule has 1 aromatic rings. The van der Waals surface area contributed by atoms with Gasteiger partial charge in [-0.15, -0.1) is 0 Å². The second-order valence-electron chi connectivity index (χ2n) is 5.10. The van der Waals surface area contributed by atoms with Gasteiger partial charge in [0.15, 0.2) is 0 Å². The molecule has 3 heteroatoms. The fraction of sp³-hybridized carbons (Fsp3) is 0.533. The summed E-state index contributed by atoms with van der Waals surface area (Å²) in [7, 11) is 3.62. The van der Waals surface area contributed by atoms with Crippen molar-refractivity contribution in [3.63, 3.8) is 0 Å². The summed E-state index contributed by atoms with van der Waals surface area (Å²) in [4.78, 5) is 0. The number of benzene rings is 1. The van der Waals surface area contributed by atoms with Crippen LogP contribution in [0.2, 0.25) is 0 Å². The molecule has 0 aromatic heterocycles. The maximum absolute atomic E-state index is 9.37. The second kappa shape index (κ2) is 4.62. The third-order valence-corrected chi connectivity index (χ3v) is 4.16. The van der Waals surface area contributed by atoms with Crippen molar-refractivity contribution in [2.45, 2.75) is 32.7 Å². The summed E-state index contributed by atoms with van der Waals surface area (Å²) in [6.07, 6.45) is 1.97. The summed E-state index contributed by atoms with van der Waals surface area (Å²) in [5.74, 6) is 0.910. The third kappa shape index (κ3) is 1.87. The van der Waals surface area contributed by atoms with Crippen LogP contribution in [0.3, 0.4) is 0 Å². The minimum absolute atomic E-state index is 0.118. The minimum Gasteiger partial charge on any atom is -0.496 e. The topological polar surface area (TPSA) is 45.0 Å². The van der Waals surface area contributed by atoms with Gasteiger partial charge in [0.1, 0.15) is 5.75 Å². The smallest absolute Gasteiger partial charge is 0.122 e. The van der Waals surface area contributed by atoms with Crippen LogP contribution < -0.4 is 10.1 Å². The molecule has 1 aliphatic carbocycles. The van der Waals surface area contributed by atoms with Gasteiger partial charge in [0, 0.05) is 0 Å². The first kappa shape index (κ1) is 12.9. The highest BCUT2D eigenvalue weighted by Gasteiger charge is 2.50. The van der Waals surface area contributed by atoms with Gasteiger partial charge in [-0.3, -0.25) is 0 Å². The van der Waals surface area contributed by atoms with Crippen molar-refractivity contribution in [2.24, 2.45) is 5.41 Å². The molecule has 1 atom stereocenters. The summed E-state index contributed by atoms with van der Waals surface area (Å²) in [5.41, 5.74) is 3.38. The predicted molar refractivity (Wildman–Crippen MR) is 71.5 cm³/mol. The number of hydrogen-bond donors (Lipinski definition) is 1. The van der Waals surface area contributed by atoms with E-state index in [4.69, 9.17) is 4.74 Å². The fourth-order valence-corrected chi connectivity index (χ4v) is 2.68. The van der Waals surface area contributed by atoms with E-state index in [-0.39, 0.29) is 11.5 Å². The molecule has 18 heavy (non-hydrogen) atoms. The summed E-state index contributed by atoms with van der Waals surface area (Å²) < 4.78 is 5.34. The Bertz CT molecular complexity index is 498. The monoisotopic (exact) mass is 244 g/mol. The SMILES string of the molecule is CNC(c1ccc(OC)c(C)c1C)C1(C#N)CC1. The number of methoxy groups -OCH3 is 1. The maximum Gasteiger partial charge on any atom is 0.122 e. The molecule has 0 aliphatic heterocycles. The number of nitriles is 1. The molecule has 1 fully saturated rings. The molecular formula is C15H20N2O. The van der Waals surface area contributed by atoms with Crippen LogP contribution in [0.1, 0.15) is 35.6 Å². The Labute approximate surface area is 109 Å². The van der Waals surface area contributed by atoms with Gasteiger partial charge in [-0.25, -0.2) is 0 Å². The van der Waals surface area contributed by atoms with Crippen molar-refractivity contribution in [1.82, 2.24) is 5.32 Å². The Balaban J connectivity index is 2.45. The van der Waals surface area contributed by atoms with Crippen LogP contribution in [0.25, 0.3) is 0 Å². The van der Waals surface area contributed by atoms with E-state index in [9.17, 15) is 5.26 Å². The molecule has 0 saturated heterocycles. The number of nitrogens with zero attached hydrogens (tertiary/aromatic N) is 1. The van der Waals surface area contributed by atoms with E-state index in [0.29, 0.717) is 0 Å². The van der Waals surface area contributed by atoms with Gasteiger partial charge in [-0.2, -0.15) is 5.26 Å². The lowest BCUT2D eigenvalue weighted by Gasteiger charge is -2.24. The van der Waals surface area contributed by atoms with Crippen molar-refractivity contribution in [3.8, 4) is 11.8 Å². The first-order valence-corrected chi connectivity index (χ1v) is 6.32. The summed E-state index contributed by atoms with van der Waals surface area (Å²) >= 11 is 0. The molecule has 1 unspecified atom stereocenters. The molecule has 0 bridgehead atoms. The Kier molecular flexibility index (Phi) is 3.32. The van der Waals surface area contributed by atoms with Crippen LogP contribution in [-0.4, -0.2) is 14.2 Å². The van der Waals surface area contributed by atoms with E-state index in [0.717, 1.165) is 24.2 Å². The second-order valence-corrected chi connectivity index (χ2v) is 5.10. The molecule has 1 aromatic carbocycles. The van der Waals surface area contributed by atoms with Crippen molar-refractivity contribution in [3.05, 3.63) is 28.8 Å². The first-order chi connectivity index (χ1) is 8.59. The molecule has 0 radical (unpaired) electrons. The van der Waals surface area contributed by atoms with Gasteiger partial charge in [-0.1, -0.05) is 6.07 Å². The highest BCUT2D eigenvalue weighted by atomic mass is 16.5. The normalized spacial score (nSPS) is 17.9. The van der Waals surface area contributed by atoms with Gasteiger partial charge in [0.25, 0.3) is 0 Å². The predicted octanol–water partition coefficient (Wildman–Crippen LogP) is 2.88. The molecular weight excluding hydrogens is 224 g/mol. The van der Waals surface area contributed by atoms with Crippen LogP contribution >= 0.6 is 0 Å². The quantitative estimate of drug-likeness (QED) is 0.885. The van der Waals surface area contributed by atoms with Crippen LogP contribution in [0.5, 0.6) is 5.75 Å². The lowest BCUT2D eigenvalue weighted by Crippen LogP contribution is -2.26. The van der Waals surface area contributed by atoms with E-state index in [1.165, 1.54) is 11.1 Å². The Morgan fingerprint density at radius 3 is 2.44 bits per heavy atom. The molecule has 96 valence electrons. The largest absolute Gasteiger partial charge is 0.496 e. The van der Waals surface area contributed by atoms with Crippen LogP contribution in [0, 0.1) is 30.6 Å². The van der Waals surface area contributed by atoms with Crippen LogP contribution in [0.4, 0.5) is 0 Å². The lowest BCUT2D eigenvalue weighted by molar-refractivity contribution is 0.408. The zero-order valence-corrected chi connectivity index (χ0v) is 11.5. The standard InChI is InChI=1S/C15H20N2O/c1-10-11(2)13(18-4)6-5-12(10)14(17-3)15(9-16)7-8-15/h5-6,14,17H,7-8H2,1-4H3. The first-order valence-electron chi connectivity index (χ1n) is 6.32. The van der Waals surface area contributed by atoms with Crippen LogP contribution in [0.15, 0.2) is 12.1 Å². The van der Waals surface area contributed by atoms with Gasteiger partial charge in [0.2, 0.25) is 0 Å². The fourth-order valence-electron chi connectivity index (χ4n) is 2.68. The highest BCUT2D eigenvalue weighted by Crippen LogP contribution is 2.55. The number of ether oxygens (including phenoxy) is 1. The summed E-state index contributed by atoms with van der Waals surface area (Å²) in [6, 6.07) is 6.68. The van der Waals surface area contributed by atoms with Crippen molar-refractivity contribution < 1.29 is 4.74 Å². The Hall–Kier alpha value is -1.53. The van der Waals surface area contributed by atoms with E-state index in [2.05, 4.69) is 31.3 Å². The van der Waals surface area contributed by atoms with E-state index >= 15 is 0 Å². The number of rotatable bonds is 4. The molecule has 1 aliphatic rings. The molecule has 0 spiro atoms. The van der Waals surface area contributed by atoms with Crippen molar-refractivity contribution in [1.29, 1.82) is 5.26 Å². The zero-order valence-electron chi connectivity index (χ0n) is 11.5. The highest BCUT2D eigenvalue weighted by molar-refractivity contribution is 5.46. The molecule has 3 nitrogen and oxygen atoms in total.